The first-order valence-electron chi connectivity index (χ1n) is 9.93. The van der Waals surface area contributed by atoms with Crippen LogP contribution in [-0.4, -0.2) is 38.3 Å². The van der Waals surface area contributed by atoms with Crippen molar-refractivity contribution in [3.63, 3.8) is 0 Å². The van der Waals surface area contributed by atoms with Crippen LogP contribution >= 0.6 is 0 Å². The number of esters is 1. The Morgan fingerprint density at radius 3 is 2.35 bits per heavy atom. The lowest BCUT2D eigenvalue weighted by atomic mass is 10.2. The third-order valence-corrected chi connectivity index (χ3v) is 3.83. The number of nitrogens with one attached hydrogen (secondary N) is 1. The lowest BCUT2D eigenvalue weighted by molar-refractivity contribution is -0.142. The van der Waals surface area contributed by atoms with Gasteiger partial charge in [0.1, 0.15) is 12.4 Å². The summed E-state index contributed by atoms with van der Waals surface area (Å²) < 4.78 is 21.4. The SMILES string of the molecule is C=CCOc1ccc(/C=C/C(=O)OCC(=O)Nc2ccc(OCC)c(OCC)c2)cc1. The Morgan fingerprint density at radius 2 is 1.68 bits per heavy atom. The van der Waals surface area contributed by atoms with Gasteiger partial charge in [0.05, 0.1) is 13.2 Å². The van der Waals surface area contributed by atoms with Crippen molar-refractivity contribution in [3.05, 3.63) is 66.8 Å². The van der Waals surface area contributed by atoms with E-state index < -0.39 is 18.5 Å². The van der Waals surface area contributed by atoms with Gasteiger partial charge >= 0.3 is 5.97 Å². The molecule has 0 saturated carbocycles. The van der Waals surface area contributed by atoms with E-state index in [4.69, 9.17) is 18.9 Å². The van der Waals surface area contributed by atoms with Gasteiger partial charge in [-0.3, -0.25) is 4.79 Å². The molecule has 0 unspecified atom stereocenters. The molecular weight excluding hydrogens is 398 g/mol. The lowest BCUT2D eigenvalue weighted by Gasteiger charge is -2.13. The molecule has 0 fully saturated rings. The molecular formula is C24H27NO6. The van der Waals surface area contributed by atoms with Crippen LogP contribution in [0, 0.1) is 0 Å². The van der Waals surface area contributed by atoms with E-state index in [-0.39, 0.29) is 0 Å². The Bertz CT molecular complexity index is 905. The fourth-order valence-electron chi connectivity index (χ4n) is 2.51. The largest absolute Gasteiger partial charge is 0.490 e. The van der Waals surface area contributed by atoms with Crippen LogP contribution in [0.3, 0.4) is 0 Å². The molecule has 1 amide bonds. The summed E-state index contributed by atoms with van der Waals surface area (Å²) in [7, 11) is 0. The van der Waals surface area contributed by atoms with Crippen LogP contribution < -0.4 is 19.5 Å². The van der Waals surface area contributed by atoms with Crippen molar-refractivity contribution >= 4 is 23.6 Å². The van der Waals surface area contributed by atoms with Crippen molar-refractivity contribution in [2.24, 2.45) is 0 Å². The smallest absolute Gasteiger partial charge is 0.331 e. The van der Waals surface area contributed by atoms with Crippen LogP contribution in [0.15, 0.2) is 61.2 Å². The number of anilines is 1. The highest BCUT2D eigenvalue weighted by atomic mass is 16.5. The van der Waals surface area contributed by atoms with Gasteiger partial charge in [-0.1, -0.05) is 24.8 Å². The second kappa shape index (κ2) is 12.7. The highest BCUT2D eigenvalue weighted by Crippen LogP contribution is 2.30. The molecule has 164 valence electrons. The number of ether oxygens (including phenoxy) is 4. The van der Waals surface area contributed by atoms with E-state index in [0.29, 0.717) is 42.8 Å². The van der Waals surface area contributed by atoms with Gasteiger partial charge in [0.25, 0.3) is 5.91 Å². The van der Waals surface area contributed by atoms with Gasteiger partial charge in [0.15, 0.2) is 18.1 Å². The standard InChI is InChI=1S/C24H27NO6/c1-4-15-30-20-11-7-18(8-12-20)9-14-24(27)31-17-23(26)25-19-10-13-21(28-5-2)22(16-19)29-6-3/h4,7-14,16H,1,5-6,15,17H2,2-3H3,(H,25,26)/b14-9+. The fraction of sp³-hybridized carbons (Fsp3) is 0.250. The zero-order valence-electron chi connectivity index (χ0n) is 17.8. The topological polar surface area (TPSA) is 83.1 Å². The molecule has 7 heteroatoms. The molecule has 1 N–H and O–H groups in total. The maximum absolute atomic E-state index is 12.1. The van der Waals surface area contributed by atoms with E-state index in [1.807, 2.05) is 13.8 Å². The normalized spacial score (nSPS) is 10.4. The molecule has 0 heterocycles. The highest BCUT2D eigenvalue weighted by molar-refractivity contribution is 5.94. The van der Waals surface area contributed by atoms with Crippen molar-refractivity contribution in [2.75, 3.05) is 31.7 Å². The zero-order chi connectivity index (χ0) is 22.5. The average Bonchev–Trinajstić information content (AvgIpc) is 2.77. The Morgan fingerprint density at radius 1 is 0.968 bits per heavy atom. The molecule has 0 atom stereocenters. The predicted molar refractivity (Wildman–Crippen MR) is 120 cm³/mol. The number of hydrogen-bond donors (Lipinski definition) is 1. The summed E-state index contributed by atoms with van der Waals surface area (Å²) in [5.41, 5.74) is 1.31. The van der Waals surface area contributed by atoms with Crippen LogP contribution in [0.4, 0.5) is 5.69 Å². The van der Waals surface area contributed by atoms with Crippen LogP contribution in [-0.2, 0) is 14.3 Å². The Balaban J connectivity index is 1.83. The average molecular weight is 425 g/mol. The molecule has 2 aromatic carbocycles. The van der Waals surface area contributed by atoms with Gasteiger partial charge in [-0.15, -0.1) is 0 Å². The molecule has 0 aromatic heterocycles. The highest BCUT2D eigenvalue weighted by Gasteiger charge is 2.10. The number of rotatable bonds is 12. The first-order valence-corrected chi connectivity index (χ1v) is 9.93. The minimum atomic E-state index is -0.621. The fourth-order valence-corrected chi connectivity index (χ4v) is 2.51. The number of amides is 1. The molecule has 0 spiro atoms. The van der Waals surface area contributed by atoms with Crippen molar-refractivity contribution in [1.29, 1.82) is 0 Å². The maximum Gasteiger partial charge on any atom is 0.331 e. The first kappa shape index (κ1) is 23.5. The molecule has 2 aromatic rings. The predicted octanol–water partition coefficient (Wildman–Crippen LogP) is 4.24. The summed E-state index contributed by atoms with van der Waals surface area (Å²) >= 11 is 0. The summed E-state index contributed by atoms with van der Waals surface area (Å²) in [5, 5.41) is 2.67. The molecule has 31 heavy (non-hydrogen) atoms. The van der Waals surface area contributed by atoms with Gasteiger partial charge in [0.2, 0.25) is 0 Å². The van der Waals surface area contributed by atoms with E-state index in [0.717, 1.165) is 5.56 Å². The van der Waals surface area contributed by atoms with Crippen LogP contribution in [0.1, 0.15) is 19.4 Å². The third kappa shape index (κ3) is 8.26. The third-order valence-electron chi connectivity index (χ3n) is 3.83. The lowest BCUT2D eigenvalue weighted by Crippen LogP contribution is -2.20. The molecule has 0 saturated heterocycles. The van der Waals surface area contributed by atoms with Crippen molar-refractivity contribution in [2.45, 2.75) is 13.8 Å². The van der Waals surface area contributed by atoms with Crippen LogP contribution in [0.2, 0.25) is 0 Å². The Hall–Kier alpha value is -3.74. The molecule has 0 bridgehead atoms. The van der Waals surface area contributed by atoms with Crippen molar-refractivity contribution in [3.8, 4) is 17.2 Å². The van der Waals surface area contributed by atoms with Gasteiger partial charge in [-0.05, 0) is 49.8 Å². The molecule has 0 aliphatic carbocycles. The summed E-state index contributed by atoms with van der Waals surface area (Å²) in [4.78, 5) is 24.0. The Labute approximate surface area is 182 Å². The van der Waals surface area contributed by atoms with Gasteiger partial charge < -0.3 is 24.3 Å². The van der Waals surface area contributed by atoms with E-state index in [2.05, 4.69) is 11.9 Å². The van der Waals surface area contributed by atoms with Crippen molar-refractivity contribution in [1.82, 2.24) is 0 Å². The van der Waals surface area contributed by atoms with Gasteiger partial charge in [0, 0.05) is 17.8 Å². The number of carbonyl (C=O) groups is 2. The second-order valence-corrected chi connectivity index (χ2v) is 6.19. The number of carbonyl (C=O) groups excluding carboxylic acids is 2. The quantitative estimate of drug-likeness (QED) is 0.311. The van der Waals surface area contributed by atoms with E-state index in [1.165, 1.54) is 6.08 Å². The van der Waals surface area contributed by atoms with Gasteiger partial charge in [-0.2, -0.15) is 0 Å². The summed E-state index contributed by atoms with van der Waals surface area (Å²) in [6.45, 7) is 8.31. The summed E-state index contributed by atoms with van der Waals surface area (Å²) in [5.74, 6) is 0.751. The Kier molecular flexibility index (Phi) is 9.68. The van der Waals surface area contributed by atoms with Crippen LogP contribution in [0.5, 0.6) is 17.2 Å². The number of benzene rings is 2. The number of hydrogen-bond acceptors (Lipinski definition) is 6. The summed E-state index contributed by atoms with van der Waals surface area (Å²) in [6.07, 6.45) is 4.52. The second-order valence-electron chi connectivity index (χ2n) is 6.19. The molecule has 2 rings (SSSR count). The van der Waals surface area contributed by atoms with E-state index >= 15 is 0 Å². The van der Waals surface area contributed by atoms with E-state index in [1.54, 1.807) is 54.6 Å². The monoisotopic (exact) mass is 425 g/mol. The molecule has 0 aliphatic heterocycles. The molecule has 0 aliphatic rings. The molecule has 0 radical (unpaired) electrons. The van der Waals surface area contributed by atoms with Crippen molar-refractivity contribution < 1.29 is 28.5 Å². The minimum absolute atomic E-state index is 0.408. The van der Waals surface area contributed by atoms with Gasteiger partial charge in [-0.25, -0.2) is 4.79 Å². The summed E-state index contributed by atoms with van der Waals surface area (Å²) in [6, 6.07) is 12.2. The molecule has 7 nitrogen and oxygen atoms in total. The van der Waals surface area contributed by atoms with E-state index in [9.17, 15) is 9.59 Å². The zero-order valence-corrected chi connectivity index (χ0v) is 17.8. The van der Waals surface area contributed by atoms with Crippen LogP contribution in [0.25, 0.3) is 6.08 Å². The minimum Gasteiger partial charge on any atom is -0.490 e. The first-order chi connectivity index (χ1) is 15.0. The maximum atomic E-state index is 12.1.